The van der Waals surface area contributed by atoms with Crippen LogP contribution >= 0.6 is 11.3 Å². The van der Waals surface area contributed by atoms with Crippen molar-refractivity contribution in [2.45, 2.75) is 12.5 Å². The summed E-state index contributed by atoms with van der Waals surface area (Å²) in [6, 6.07) is 17.6. The van der Waals surface area contributed by atoms with Crippen molar-refractivity contribution < 1.29 is 14.3 Å². The summed E-state index contributed by atoms with van der Waals surface area (Å²) in [6.45, 7) is 0.686. The van der Waals surface area contributed by atoms with Crippen LogP contribution in [0.1, 0.15) is 32.4 Å². The quantitative estimate of drug-likeness (QED) is 0.667. The molecule has 1 aliphatic heterocycles. The van der Waals surface area contributed by atoms with Gasteiger partial charge in [-0.25, -0.2) is 0 Å². The van der Waals surface area contributed by atoms with Crippen LogP contribution in [-0.2, 0) is 6.42 Å². The lowest BCUT2D eigenvalue weighted by molar-refractivity contribution is 0.0695. The van der Waals surface area contributed by atoms with Crippen molar-refractivity contribution >= 4 is 17.2 Å². The number of hydrogen-bond donors (Lipinski definition) is 0. The first-order valence-corrected chi connectivity index (χ1v) is 9.74. The van der Waals surface area contributed by atoms with Gasteiger partial charge in [-0.1, -0.05) is 30.3 Å². The number of nitrogens with zero attached hydrogens (tertiary/aromatic N) is 1. The van der Waals surface area contributed by atoms with Crippen molar-refractivity contribution in [3.05, 3.63) is 81.5 Å². The zero-order chi connectivity index (χ0) is 18.8. The number of hydrogen-bond acceptors (Lipinski definition) is 4. The summed E-state index contributed by atoms with van der Waals surface area (Å²) >= 11 is 1.77. The Kier molecular flexibility index (Phi) is 4.86. The van der Waals surface area contributed by atoms with E-state index < -0.39 is 0 Å². The number of fused-ring (bicyclic) bond motifs is 1. The molecule has 0 bridgehead atoms. The average Bonchev–Trinajstić information content (AvgIpc) is 3.21. The highest BCUT2D eigenvalue weighted by Crippen LogP contribution is 2.39. The van der Waals surface area contributed by atoms with E-state index in [2.05, 4.69) is 23.6 Å². The van der Waals surface area contributed by atoms with Gasteiger partial charge in [-0.05, 0) is 41.1 Å². The maximum Gasteiger partial charge on any atom is 0.254 e. The fraction of sp³-hybridized carbons (Fsp3) is 0.227. The summed E-state index contributed by atoms with van der Waals surface area (Å²) in [4.78, 5) is 16.8. The Morgan fingerprint density at radius 2 is 1.74 bits per heavy atom. The Bertz CT molecular complexity index is 929. The highest BCUT2D eigenvalue weighted by atomic mass is 32.1. The highest BCUT2D eigenvalue weighted by molar-refractivity contribution is 7.10. The fourth-order valence-corrected chi connectivity index (χ4v) is 4.53. The standard InChI is InChI=1S/C22H21NO3S/c1-25-17-12-16(13-18(14-17)26-2)22(24)23-10-8-20-19(9-11-27-20)21(23)15-6-4-3-5-7-15/h3-7,9,11-14,21H,8,10H2,1-2H3/t21-/m1/s1. The Hall–Kier alpha value is -2.79. The van der Waals surface area contributed by atoms with Crippen LogP contribution in [0, 0.1) is 0 Å². The number of carbonyl (C=O) groups excluding carboxylic acids is 1. The van der Waals surface area contributed by atoms with E-state index >= 15 is 0 Å². The lowest BCUT2D eigenvalue weighted by atomic mass is 9.92. The molecule has 0 radical (unpaired) electrons. The van der Waals surface area contributed by atoms with Gasteiger partial charge in [0.15, 0.2) is 0 Å². The SMILES string of the molecule is COc1cc(OC)cc(C(=O)N2CCc3sccc3[C@H]2c2ccccc2)c1. The van der Waals surface area contributed by atoms with Gasteiger partial charge in [-0.15, -0.1) is 11.3 Å². The minimum Gasteiger partial charge on any atom is -0.497 e. The number of thiophene rings is 1. The van der Waals surface area contributed by atoms with Gasteiger partial charge in [-0.3, -0.25) is 4.79 Å². The molecule has 2 heterocycles. The summed E-state index contributed by atoms with van der Waals surface area (Å²) in [5.74, 6) is 1.21. The Morgan fingerprint density at radius 3 is 2.41 bits per heavy atom. The molecule has 0 fully saturated rings. The van der Waals surface area contributed by atoms with E-state index in [4.69, 9.17) is 9.47 Å². The van der Waals surface area contributed by atoms with E-state index in [1.54, 1.807) is 43.8 Å². The normalized spacial score (nSPS) is 15.9. The second-order valence-electron chi connectivity index (χ2n) is 6.46. The highest BCUT2D eigenvalue weighted by Gasteiger charge is 2.33. The molecule has 1 atom stereocenters. The average molecular weight is 379 g/mol. The van der Waals surface area contributed by atoms with Crippen LogP contribution < -0.4 is 9.47 Å². The summed E-state index contributed by atoms with van der Waals surface area (Å²) in [7, 11) is 3.18. The molecule has 2 aromatic carbocycles. The van der Waals surface area contributed by atoms with Gasteiger partial charge in [0.25, 0.3) is 5.91 Å². The minimum absolute atomic E-state index is 0.0158. The summed E-state index contributed by atoms with van der Waals surface area (Å²) < 4.78 is 10.7. The van der Waals surface area contributed by atoms with E-state index in [1.807, 2.05) is 23.1 Å². The van der Waals surface area contributed by atoms with E-state index in [9.17, 15) is 4.79 Å². The molecule has 5 heteroatoms. The topological polar surface area (TPSA) is 38.8 Å². The number of ether oxygens (including phenoxy) is 2. The van der Waals surface area contributed by atoms with Crippen molar-refractivity contribution in [1.82, 2.24) is 4.90 Å². The number of carbonyl (C=O) groups is 1. The van der Waals surface area contributed by atoms with Crippen molar-refractivity contribution in [1.29, 1.82) is 0 Å². The molecule has 0 N–H and O–H groups in total. The molecule has 0 saturated heterocycles. The number of benzene rings is 2. The molecule has 0 aliphatic carbocycles. The molecule has 0 unspecified atom stereocenters. The van der Waals surface area contributed by atoms with Gasteiger partial charge in [0, 0.05) is 23.1 Å². The first-order chi connectivity index (χ1) is 13.2. The summed E-state index contributed by atoms with van der Waals surface area (Å²) in [6.07, 6.45) is 0.878. The Balaban J connectivity index is 1.77. The molecule has 4 rings (SSSR count). The lowest BCUT2D eigenvalue weighted by Gasteiger charge is -2.36. The number of rotatable bonds is 4. The van der Waals surface area contributed by atoms with Crippen molar-refractivity contribution in [2.75, 3.05) is 20.8 Å². The fourth-order valence-electron chi connectivity index (χ4n) is 3.63. The first kappa shape index (κ1) is 17.6. The second kappa shape index (κ2) is 7.45. The third-order valence-corrected chi connectivity index (χ3v) is 5.94. The van der Waals surface area contributed by atoms with Gasteiger partial charge in [-0.2, -0.15) is 0 Å². The van der Waals surface area contributed by atoms with Crippen molar-refractivity contribution in [2.24, 2.45) is 0 Å². The van der Waals surface area contributed by atoms with Gasteiger partial charge >= 0.3 is 0 Å². The Morgan fingerprint density at radius 1 is 1.04 bits per heavy atom. The zero-order valence-electron chi connectivity index (χ0n) is 15.3. The van der Waals surface area contributed by atoms with E-state index in [0.717, 1.165) is 12.0 Å². The third-order valence-electron chi connectivity index (χ3n) is 4.94. The van der Waals surface area contributed by atoms with E-state index in [1.165, 1.54) is 10.4 Å². The van der Waals surface area contributed by atoms with Crippen LogP contribution in [0.2, 0.25) is 0 Å². The van der Waals surface area contributed by atoms with Crippen LogP contribution in [0.4, 0.5) is 0 Å². The lowest BCUT2D eigenvalue weighted by Crippen LogP contribution is -2.40. The molecule has 1 aliphatic rings. The molecule has 1 amide bonds. The maximum atomic E-state index is 13.5. The van der Waals surface area contributed by atoms with Gasteiger partial charge < -0.3 is 14.4 Å². The van der Waals surface area contributed by atoms with Crippen molar-refractivity contribution in [3.8, 4) is 11.5 Å². The van der Waals surface area contributed by atoms with Crippen LogP contribution in [0.3, 0.4) is 0 Å². The van der Waals surface area contributed by atoms with Crippen LogP contribution in [0.25, 0.3) is 0 Å². The summed E-state index contributed by atoms with van der Waals surface area (Å²) in [5.41, 5.74) is 2.92. The second-order valence-corrected chi connectivity index (χ2v) is 7.46. The molecule has 3 aromatic rings. The minimum atomic E-state index is -0.0779. The maximum absolute atomic E-state index is 13.5. The Labute approximate surface area is 163 Å². The van der Waals surface area contributed by atoms with E-state index in [0.29, 0.717) is 23.6 Å². The molecular formula is C22H21NO3S. The summed E-state index contributed by atoms with van der Waals surface area (Å²) in [5, 5.41) is 2.11. The molecule has 138 valence electrons. The van der Waals surface area contributed by atoms with Crippen LogP contribution in [0.5, 0.6) is 11.5 Å². The third kappa shape index (κ3) is 3.30. The van der Waals surface area contributed by atoms with E-state index in [-0.39, 0.29) is 11.9 Å². The first-order valence-electron chi connectivity index (χ1n) is 8.86. The molecular weight excluding hydrogens is 358 g/mol. The molecule has 4 nitrogen and oxygen atoms in total. The van der Waals surface area contributed by atoms with Crippen molar-refractivity contribution in [3.63, 3.8) is 0 Å². The largest absolute Gasteiger partial charge is 0.497 e. The van der Waals surface area contributed by atoms with Gasteiger partial charge in [0.05, 0.1) is 20.3 Å². The van der Waals surface area contributed by atoms with Gasteiger partial charge in [0.2, 0.25) is 0 Å². The smallest absolute Gasteiger partial charge is 0.254 e. The molecule has 27 heavy (non-hydrogen) atoms. The monoisotopic (exact) mass is 379 g/mol. The number of methoxy groups -OCH3 is 2. The predicted octanol–water partition coefficient (Wildman–Crippen LogP) is 4.55. The molecule has 0 saturated carbocycles. The zero-order valence-corrected chi connectivity index (χ0v) is 16.2. The van der Waals surface area contributed by atoms with Gasteiger partial charge in [0.1, 0.15) is 11.5 Å². The molecule has 0 spiro atoms. The predicted molar refractivity (Wildman–Crippen MR) is 107 cm³/mol. The van der Waals surface area contributed by atoms with Crippen LogP contribution in [0.15, 0.2) is 60.0 Å². The molecule has 1 aromatic heterocycles. The van der Waals surface area contributed by atoms with Crippen LogP contribution in [-0.4, -0.2) is 31.6 Å². The number of amides is 1.